The van der Waals surface area contributed by atoms with Crippen molar-refractivity contribution in [2.75, 3.05) is 11.9 Å². The fourth-order valence-corrected chi connectivity index (χ4v) is 4.93. The van der Waals surface area contributed by atoms with Crippen LogP contribution in [0.15, 0.2) is 48.8 Å². The molecule has 5 heterocycles. The molecule has 1 saturated heterocycles. The number of nitrogens with zero attached hydrogens (tertiary/aromatic N) is 7. The molecule has 0 aliphatic carbocycles. The number of carbonyl (C=O) groups excluding carboxylic acids is 3. The Morgan fingerprint density at radius 2 is 2.00 bits per heavy atom. The number of benzene rings is 1. The maximum absolute atomic E-state index is 14.5. The number of hydrogen-bond donors (Lipinski definition) is 3. The molecule has 4 aromatic heterocycles. The Labute approximate surface area is 225 Å². The molecule has 40 heavy (non-hydrogen) atoms. The van der Waals surface area contributed by atoms with Crippen LogP contribution < -0.4 is 11.1 Å². The first-order valence-electron chi connectivity index (χ1n) is 12.4. The summed E-state index contributed by atoms with van der Waals surface area (Å²) in [5, 5.41) is 21.9. The highest BCUT2D eigenvalue weighted by Crippen LogP contribution is 2.28. The normalized spacial score (nSPS) is 17.0. The first-order valence-corrected chi connectivity index (χ1v) is 12.4. The number of pyridine rings is 1. The number of H-pyrrole nitrogens is 1. The fourth-order valence-electron chi connectivity index (χ4n) is 4.93. The summed E-state index contributed by atoms with van der Waals surface area (Å²) in [5.41, 5.74) is 9.39. The highest BCUT2D eigenvalue weighted by molar-refractivity contribution is 6.05. The average molecular weight is 543 g/mol. The van der Waals surface area contributed by atoms with E-state index in [9.17, 15) is 18.8 Å². The number of aryl methyl sites for hydroxylation is 1. The zero-order chi connectivity index (χ0) is 28.0. The lowest BCUT2D eigenvalue weighted by molar-refractivity contribution is -0.137. The lowest BCUT2D eigenvalue weighted by Gasteiger charge is -2.23. The molecule has 6 rings (SSSR count). The molecule has 5 aromatic rings. The maximum Gasteiger partial charge on any atom is 0.269 e. The molecule has 3 amide bonds. The van der Waals surface area contributed by atoms with Crippen molar-refractivity contribution in [1.29, 1.82) is 0 Å². The highest BCUT2D eigenvalue weighted by atomic mass is 19.1. The van der Waals surface area contributed by atoms with Crippen molar-refractivity contribution in [2.45, 2.75) is 32.1 Å². The number of nitrogens with two attached hydrogens (primary N) is 1. The van der Waals surface area contributed by atoms with E-state index < -0.39 is 29.9 Å². The Kier molecular flexibility index (Phi) is 6.13. The number of anilines is 1. The van der Waals surface area contributed by atoms with Crippen LogP contribution in [0.2, 0.25) is 0 Å². The van der Waals surface area contributed by atoms with Crippen molar-refractivity contribution in [1.82, 2.24) is 40.1 Å². The number of nitrogens with one attached hydrogen (secondary N) is 2. The predicted octanol–water partition coefficient (Wildman–Crippen LogP) is 1.75. The van der Waals surface area contributed by atoms with Gasteiger partial charge in [0.05, 0.1) is 30.0 Å². The minimum atomic E-state index is -1.39. The number of carbonyl (C=O) groups is 3. The van der Waals surface area contributed by atoms with Gasteiger partial charge in [0.15, 0.2) is 11.5 Å². The largest absolute Gasteiger partial charge is 0.364 e. The molecule has 1 aromatic carbocycles. The number of primary amides is 1. The SMILES string of the molecule is Cc1ccc2[nH]nc(NC(=O)C3CC(F)CN3C(=O)Cn3nc(C(N)=O)c4cc(-c5ccnnc5)ccc43)c2n1. The summed E-state index contributed by atoms with van der Waals surface area (Å²) in [4.78, 5) is 44.3. The molecule has 2 unspecified atom stereocenters. The monoisotopic (exact) mass is 542 g/mol. The van der Waals surface area contributed by atoms with Gasteiger partial charge in [-0.05, 0) is 42.8 Å². The molecule has 202 valence electrons. The number of halogens is 1. The second-order valence-electron chi connectivity index (χ2n) is 9.54. The van der Waals surface area contributed by atoms with E-state index in [1.807, 2.05) is 6.92 Å². The van der Waals surface area contributed by atoms with Crippen LogP contribution >= 0.6 is 0 Å². The number of hydrogen-bond acceptors (Lipinski definition) is 8. The zero-order valence-corrected chi connectivity index (χ0v) is 21.2. The van der Waals surface area contributed by atoms with Crippen molar-refractivity contribution in [3.05, 3.63) is 60.2 Å². The van der Waals surface area contributed by atoms with Gasteiger partial charge in [-0.25, -0.2) is 9.37 Å². The van der Waals surface area contributed by atoms with E-state index in [0.29, 0.717) is 21.9 Å². The topological polar surface area (TPSA) is 178 Å². The van der Waals surface area contributed by atoms with E-state index in [4.69, 9.17) is 5.73 Å². The van der Waals surface area contributed by atoms with Crippen LogP contribution in [0, 0.1) is 6.92 Å². The number of amides is 3. The molecule has 4 N–H and O–H groups in total. The molecule has 0 saturated carbocycles. The Bertz CT molecular complexity index is 1780. The van der Waals surface area contributed by atoms with E-state index in [0.717, 1.165) is 16.8 Å². The Morgan fingerprint density at radius 3 is 2.77 bits per heavy atom. The molecule has 2 atom stereocenters. The molecular weight excluding hydrogens is 519 g/mol. The quantitative estimate of drug-likeness (QED) is 0.290. The molecule has 1 fully saturated rings. The van der Waals surface area contributed by atoms with Crippen LogP contribution in [-0.4, -0.2) is 76.5 Å². The third-order valence-electron chi connectivity index (χ3n) is 6.85. The Hall–Kier alpha value is -5.27. The van der Waals surface area contributed by atoms with Crippen molar-refractivity contribution < 1.29 is 18.8 Å². The summed E-state index contributed by atoms with van der Waals surface area (Å²) < 4.78 is 15.9. The summed E-state index contributed by atoms with van der Waals surface area (Å²) >= 11 is 0. The van der Waals surface area contributed by atoms with E-state index in [1.165, 1.54) is 9.58 Å². The number of likely N-dealkylation sites (tertiary alicyclic amines) is 1. The summed E-state index contributed by atoms with van der Waals surface area (Å²) in [5.74, 6) is -1.69. The molecule has 0 spiro atoms. The zero-order valence-electron chi connectivity index (χ0n) is 21.2. The Morgan fingerprint density at radius 1 is 1.15 bits per heavy atom. The maximum atomic E-state index is 14.5. The number of rotatable bonds is 6. The van der Waals surface area contributed by atoms with Crippen molar-refractivity contribution >= 4 is 45.5 Å². The minimum absolute atomic E-state index is 0.0149. The van der Waals surface area contributed by atoms with E-state index >= 15 is 0 Å². The summed E-state index contributed by atoms with van der Waals surface area (Å²) in [6, 6.07) is 9.52. The van der Waals surface area contributed by atoms with Gasteiger partial charge in [0.25, 0.3) is 5.91 Å². The van der Waals surface area contributed by atoms with E-state index in [2.05, 4.69) is 35.8 Å². The van der Waals surface area contributed by atoms with Crippen molar-refractivity contribution in [2.24, 2.45) is 5.73 Å². The third-order valence-corrected chi connectivity index (χ3v) is 6.85. The first-order chi connectivity index (χ1) is 19.3. The van der Waals surface area contributed by atoms with Crippen LogP contribution in [0.1, 0.15) is 22.6 Å². The molecule has 0 radical (unpaired) electrons. The fraction of sp³-hybridized carbons (Fsp3) is 0.231. The van der Waals surface area contributed by atoms with Gasteiger partial charge in [-0.1, -0.05) is 6.07 Å². The lowest BCUT2D eigenvalue weighted by atomic mass is 10.0. The second-order valence-corrected chi connectivity index (χ2v) is 9.54. The molecule has 0 bridgehead atoms. The summed E-state index contributed by atoms with van der Waals surface area (Å²) in [6.07, 6.45) is 1.57. The third kappa shape index (κ3) is 4.48. The van der Waals surface area contributed by atoms with Gasteiger partial charge < -0.3 is 16.0 Å². The highest BCUT2D eigenvalue weighted by Gasteiger charge is 2.40. The van der Waals surface area contributed by atoms with Crippen LogP contribution in [-0.2, 0) is 16.1 Å². The van der Waals surface area contributed by atoms with Gasteiger partial charge in [0.1, 0.15) is 24.3 Å². The summed E-state index contributed by atoms with van der Waals surface area (Å²) in [7, 11) is 0. The smallest absolute Gasteiger partial charge is 0.269 e. The van der Waals surface area contributed by atoms with Gasteiger partial charge in [-0.15, -0.1) is 0 Å². The molecule has 14 heteroatoms. The van der Waals surface area contributed by atoms with Crippen LogP contribution in [0.25, 0.3) is 33.1 Å². The molecule has 1 aliphatic rings. The number of aromatic nitrogens is 7. The standard InChI is InChI=1S/C26H23FN10O3/c1-13-2-4-18-23(31-13)25(34-33-18)32-26(40)20-9-16(27)11-36(20)21(38)12-37-19-5-3-14(15-6-7-29-30-10-15)8-17(19)22(35-37)24(28)39/h2-8,10,16,20H,9,11-12H2,1H3,(H2,28,39)(H2,32,33,34,40). The van der Waals surface area contributed by atoms with Crippen LogP contribution in [0.3, 0.4) is 0 Å². The Balaban J connectivity index is 1.26. The average Bonchev–Trinajstić information content (AvgIpc) is 3.64. The van der Waals surface area contributed by atoms with Crippen LogP contribution in [0.5, 0.6) is 0 Å². The number of alkyl halides is 1. The molecular formula is C26H23FN10O3. The van der Waals surface area contributed by atoms with Gasteiger partial charge in [0.2, 0.25) is 11.8 Å². The summed E-state index contributed by atoms with van der Waals surface area (Å²) in [6.45, 7) is 1.22. The first kappa shape index (κ1) is 25.0. The molecule has 13 nitrogen and oxygen atoms in total. The number of fused-ring (bicyclic) bond motifs is 2. The second kappa shape index (κ2) is 9.80. The molecule has 1 aliphatic heterocycles. The lowest BCUT2D eigenvalue weighted by Crippen LogP contribution is -2.44. The number of aromatic amines is 1. The van der Waals surface area contributed by atoms with E-state index in [1.54, 1.807) is 48.8 Å². The van der Waals surface area contributed by atoms with Gasteiger partial charge in [0, 0.05) is 23.1 Å². The van der Waals surface area contributed by atoms with Crippen molar-refractivity contribution in [3.8, 4) is 11.1 Å². The van der Waals surface area contributed by atoms with Gasteiger partial charge in [-0.3, -0.25) is 24.2 Å². The minimum Gasteiger partial charge on any atom is -0.364 e. The van der Waals surface area contributed by atoms with E-state index in [-0.39, 0.29) is 31.0 Å². The predicted molar refractivity (Wildman–Crippen MR) is 142 cm³/mol. The van der Waals surface area contributed by atoms with Gasteiger partial charge in [-0.2, -0.15) is 20.4 Å². The van der Waals surface area contributed by atoms with Crippen LogP contribution in [0.4, 0.5) is 10.2 Å². The van der Waals surface area contributed by atoms with Crippen molar-refractivity contribution in [3.63, 3.8) is 0 Å². The van der Waals surface area contributed by atoms with Gasteiger partial charge >= 0.3 is 0 Å².